The summed E-state index contributed by atoms with van der Waals surface area (Å²) < 4.78 is 13.3. The van der Waals surface area contributed by atoms with E-state index in [9.17, 15) is 14.0 Å². The number of anilines is 1. The molecule has 0 radical (unpaired) electrons. The number of carbonyl (C=O) groups is 2. The summed E-state index contributed by atoms with van der Waals surface area (Å²) in [5, 5.41) is 8.86. The summed E-state index contributed by atoms with van der Waals surface area (Å²) in [6.07, 6.45) is 0.364. The van der Waals surface area contributed by atoms with Crippen LogP contribution in [0.2, 0.25) is 0 Å². The molecular formula is C12H12FNO3S. The van der Waals surface area contributed by atoms with Gasteiger partial charge in [0.05, 0.1) is 5.56 Å². The van der Waals surface area contributed by atoms with Gasteiger partial charge in [0.15, 0.2) is 0 Å². The largest absolute Gasteiger partial charge is 0.478 e. The van der Waals surface area contributed by atoms with Gasteiger partial charge in [-0.05, 0) is 29.9 Å². The van der Waals surface area contributed by atoms with E-state index in [2.05, 4.69) is 12.6 Å². The van der Waals surface area contributed by atoms with Crippen LogP contribution in [0.5, 0.6) is 0 Å². The number of carboxylic acid groups (broad SMARTS) is 1. The highest BCUT2D eigenvalue weighted by molar-refractivity contribution is 7.80. The van der Waals surface area contributed by atoms with Crippen molar-refractivity contribution in [2.24, 2.45) is 5.92 Å². The van der Waals surface area contributed by atoms with Gasteiger partial charge < -0.3 is 10.0 Å². The minimum atomic E-state index is -1.21. The van der Waals surface area contributed by atoms with Crippen LogP contribution in [0.3, 0.4) is 0 Å². The van der Waals surface area contributed by atoms with Crippen LogP contribution in [0, 0.1) is 11.7 Å². The van der Waals surface area contributed by atoms with Gasteiger partial charge in [-0.25, -0.2) is 9.18 Å². The maximum Gasteiger partial charge on any atom is 0.335 e. The van der Waals surface area contributed by atoms with Crippen molar-refractivity contribution in [2.45, 2.75) is 6.42 Å². The lowest BCUT2D eigenvalue weighted by Gasteiger charge is -2.17. The van der Waals surface area contributed by atoms with Gasteiger partial charge in [0.25, 0.3) is 0 Å². The minimum Gasteiger partial charge on any atom is -0.478 e. The predicted octanol–water partition coefficient (Wildman–Crippen LogP) is 1.81. The van der Waals surface area contributed by atoms with Gasteiger partial charge in [0, 0.05) is 18.7 Å². The second-order valence-corrected chi connectivity index (χ2v) is 4.63. The van der Waals surface area contributed by atoms with Crippen LogP contribution in [0.1, 0.15) is 16.8 Å². The third kappa shape index (κ3) is 2.48. The van der Waals surface area contributed by atoms with Crippen molar-refractivity contribution in [1.29, 1.82) is 0 Å². The predicted molar refractivity (Wildman–Crippen MR) is 67.7 cm³/mol. The van der Waals surface area contributed by atoms with Crippen molar-refractivity contribution in [3.05, 3.63) is 29.6 Å². The third-order valence-electron chi connectivity index (χ3n) is 2.90. The molecule has 2 rings (SSSR count). The Morgan fingerprint density at radius 1 is 1.50 bits per heavy atom. The molecule has 1 fully saturated rings. The zero-order valence-electron chi connectivity index (χ0n) is 9.47. The summed E-state index contributed by atoms with van der Waals surface area (Å²) >= 11 is 4.14. The highest BCUT2D eigenvalue weighted by atomic mass is 32.1. The SMILES string of the molecule is O=C(O)c1cc(F)cc(N2CC(CS)CC2=O)c1. The molecule has 0 aliphatic carbocycles. The summed E-state index contributed by atoms with van der Waals surface area (Å²) in [6, 6.07) is 3.41. The third-order valence-corrected chi connectivity index (χ3v) is 3.42. The monoisotopic (exact) mass is 269 g/mol. The molecule has 0 bridgehead atoms. The zero-order valence-corrected chi connectivity index (χ0v) is 10.4. The van der Waals surface area contributed by atoms with Crippen LogP contribution in [0.15, 0.2) is 18.2 Å². The van der Waals surface area contributed by atoms with Crippen molar-refractivity contribution >= 4 is 30.2 Å². The summed E-state index contributed by atoms with van der Waals surface area (Å²) in [6.45, 7) is 0.449. The van der Waals surface area contributed by atoms with E-state index in [0.717, 1.165) is 6.07 Å². The number of halogens is 1. The fourth-order valence-electron chi connectivity index (χ4n) is 2.01. The molecule has 6 heteroatoms. The number of hydrogen-bond donors (Lipinski definition) is 2. The van der Waals surface area contributed by atoms with E-state index in [1.165, 1.54) is 17.0 Å². The first kappa shape index (κ1) is 12.9. The summed E-state index contributed by atoms with van der Waals surface area (Å²) in [5.41, 5.74) is 0.133. The molecule has 0 saturated carbocycles. The first-order chi connectivity index (χ1) is 8.51. The molecule has 1 aliphatic heterocycles. The highest BCUT2D eigenvalue weighted by Gasteiger charge is 2.30. The number of aromatic carboxylic acids is 1. The van der Waals surface area contributed by atoms with Crippen LogP contribution in [0.4, 0.5) is 10.1 Å². The number of thiol groups is 1. The maximum absolute atomic E-state index is 13.3. The van der Waals surface area contributed by atoms with Crippen molar-refractivity contribution in [3.8, 4) is 0 Å². The Morgan fingerprint density at radius 2 is 2.22 bits per heavy atom. The molecule has 1 aromatic rings. The van der Waals surface area contributed by atoms with Gasteiger partial charge in [0.2, 0.25) is 5.91 Å². The number of rotatable bonds is 3. The number of carbonyl (C=O) groups excluding carboxylic acids is 1. The molecular weight excluding hydrogens is 257 g/mol. The number of hydrogen-bond acceptors (Lipinski definition) is 3. The normalized spacial score (nSPS) is 19.3. The highest BCUT2D eigenvalue weighted by Crippen LogP contribution is 2.27. The van der Waals surface area contributed by atoms with E-state index < -0.39 is 11.8 Å². The smallest absolute Gasteiger partial charge is 0.335 e. The minimum absolute atomic E-state index is 0.123. The van der Waals surface area contributed by atoms with Crippen molar-refractivity contribution in [1.82, 2.24) is 0 Å². The lowest BCUT2D eigenvalue weighted by atomic mass is 10.1. The molecule has 0 aromatic heterocycles. The topological polar surface area (TPSA) is 57.6 Å². The van der Waals surface area contributed by atoms with Crippen molar-refractivity contribution in [3.63, 3.8) is 0 Å². The second-order valence-electron chi connectivity index (χ2n) is 4.26. The Kier molecular flexibility index (Phi) is 3.56. The summed E-state index contributed by atoms with van der Waals surface area (Å²) in [4.78, 5) is 24.0. The van der Waals surface area contributed by atoms with E-state index in [4.69, 9.17) is 5.11 Å². The van der Waals surface area contributed by atoms with E-state index >= 15 is 0 Å². The van der Waals surface area contributed by atoms with Gasteiger partial charge in [0.1, 0.15) is 5.82 Å². The Hall–Kier alpha value is -1.56. The Bertz CT molecular complexity index is 506. The quantitative estimate of drug-likeness (QED) is 0.823. The molecule has 1 aliphatic rings. The summed E-state index contributed by atoms with van der Waals surface area (Å²) in [5.74, 6) is -1.31. The van der Waals surface area contributed by atoms with Crippen LogP contribution in [-0.4, -0.2) is 29.3 Å². The van der Waals surface area contributed by atoms with Gasteiger partial charge in [-0.1, -0.05) is 0 Å². The van der Waals surface area contributed by atoms with Crippen LogP contribution >= 0.6 is 12.6 Å². The van der Waals surface area contributed by atoms with Gasteiger partial charge in [-0.3, -0.25) is 4.79 Å². The standard InChI is InChI=1S/C12H12FNO3S/c13-9-2-8(12(16)17)3-10(4-9)14-5-7(6-18)1-11(14)15/h2-4,7,18H,1,5-6H2,(H,16,17). The van der Waals surface area contributed by atoms with E-state index in [0.29, 0.717) is 24.4 Å². The van der Waals surface area contributed by atoms with Crippen LogP contribution in [-0.2, 0) is 4.79 Å². The fourth-order valence-corrected chi connectivity index (χ4v) is 2.25. The maximum atomic E-state index is 13.3. The number of amides is 1. The van der Waals surface area contributed by atoms with Gasteiger partial charge >= 0.3 is 5.97 Å². The molecule has 4 nitrogen and oxygen atoms in total. The first-order valence-electron chi connectivity index (χ1n) is 5.46. The molecule has 1 heterocycles. The zero-order chi connectivity index (χ0) is 13.3. The molecule has 18 heavy (non-hydrogen) atoms. The number of benzene rings is 1. The Morgan fingerprint density at radius 3 is 2.78 bits per heavy atom. The average Bonchev–Trinajstić information content (AvgIpc) is 2.69. The molecule has 1 amide bonds. The van der Waals surface area contributed by atoms with Crippen molar-refractivity contribution in [2.75, 3.05) is 17.2 Å². The fraction of sp³-hybridized carbons (Fsp3) is 0.333. The number of nitrogens with zero attached hydrogens (tertiary/aromatic N) is 1. The lowest BCUT2D eigenvalue weighted by Crippen LogP contribution is -2.25. The molecule has 1 unspecified atom stereocenters. The van der Waals surface area contributed by atoms with E-state index in [-0.39, 0.29) is 17.4 Å². The molecule has 1 aromatic carbocycles. The average molecular weight is 269 g/mol. The summed E-state index contributed by atoms with van der Waals surface area (Å²) in [7, 11) is 0. The molecule has 0 spiro atoms. The number of carboxylic acids is 1. The Labute approximate surface area is 109 Å². The van der Waals surface area contributed by atoms with E-state index in [1.54, 1.807) is 0 Å². The Balaban J connectivity index is 2.34. The van der Waals surface area contributed by atoms with Gasteiger partial charge in [-0.2, -0.15) is 12.6 Å². The van der Waals surface area contributed by atoms with Crippen LogP contribution < -0.4 is 4.90 Å². The molecule has 96 valence electrons. The van der Waals surface area contributed by atoms with Crippen molar-refractivity contribution < 1.29 is 19.1 Å². The molecule has 1 saturated heterocycles. The lowest BCUT2D eigenvalue weighted by molar-refractivity contribution is -0.117. The van der Waals surface area contributed by atoms with Gasteiger partial charge in [-0.15, -0.1) is 0 Å². The first-order valence-corrected chi connectivity index (χ1v) is 6.09. The molecule has 1 atom stereocenters. The second kappa shape index (κ2) is 4.97. The molecule has 1 N–H and O–H groups in total. The van der Waals surface area contributed by atoms with E-state index in [1.807, 2.05) is 0 Å². The van der Waals surface area contributed by atoms with Crippen LogP contribution in [0.25, 0.3) is 0 Å².